The van der Waals surface area contributed by atoms with Crippen LogP contribution in [0.25, 0.3) is 10.9 Å². The lowest BCUT2D eigenvalue weighted by atomic mass is 10.1. The summed E-state index contributed by atoms with van der Waals surface area (Å²) >= 11 is 0. The summed E-state index contributed by atoms with van der Waals surface area (Å²) in [6.45, 7) is 2.95. The van der Waals surface area contributed by atoms with Gasteiger partial charge in [-0.3, -0.25) is 10.1 Å². The van der Waals surface area contributed by atoms with Crippen LogP contribution in [-0.2, 0) is 6.42 Å². The van der Waals surface area contributed by atoms with E-state index in [0.717, 1.165) is 35.4 Å². The number of likely N-dealkylation sites (N-methyl/N-ethyl adjacent to an activating group) is 1. The Hall–Kier alpha value is -2.27. The van der Waals surface area contributed by atoms with Crippen molar-refractivity contribution in [3.8, 4) is 0 Å². The van der Waals surface area contributed by atoms with Gasteiger partial charge >= 0.3 is 0 Å². The van der Waals surface area contributed by atoms with E-state index in [1.807, 2.05) is 18.2 Å². The predicted molar refractivity (Wildman–Crippen MR) is 78.2 cm³/mol. The fourth-order valence-electron chi connectivity index (χ4n) is 2.33. The van der Waals surface area contributed by atoms with Gasteiger partial charge in [-0.2, -0.15) is 5.10 Å². The number of hydrogen-bond donors (Lipinski definition) is 2. The molecule has 1 atom stereocenters. The zero-order valence-electron chi connectivity index (χ0n) is 11.4. The lowest BCUT2D eigenvalue weighted by Crippen LogP contribution is -2.24. The molecule has 5 nitrogen and oxygen atoms in total. The van der Waals surface area contributed by atoms with Crippen LogP contribution in [-0.4, -0.2) is 26.7 Å². The fourth-order valence-corrected chi connectivity index (χ4v) is 2.33. The average molecular weight is 267 g/mol. The number of benzene rings is 1. The molecule has 0 spiro atoms. The summed E-state index contributed by atoms with van der Waals surface area (Å²) in [6.07, 6.45) is 2.32. The maximum Gasteiger partial charge on any atom is 0.141 e. The third-order valence-electron chi connectivity index (χ3n) is 3.28. The van der Waals surface area contributed by atoms with Crippen molar-refractivity contribution < 1.29 is 0 Å². The number of H-pyrrole nitrogens is 1. The van der Waals surface area contributed by atoms with Gasteiger partial charge in [-0.25, -0.2) is 4.98 Å². The number of nitrogens with zero attached hydrogens (tertiary/aromatic N) is 3. The highest BCUT2D eigenvalue weighted by molar-refractivity contribution is 5.78. The predicted octanol–water partition coefficient (Wildman–Crippen LogP) is 2.25. The van der Waals surface area contributed by atoms with Crippen LogP contribution < -0.4 is 5.32 Å². The molecule has 0 aliphatic rings. The highest BCUT2D eigenvalue weighted by Crippen LogP contribution is 2.17. The fraction of sp³-hybridized carbons (Fsp3) is 0.267. The molecule has 0 amide bonds. The molecule has 1 aromatic carbocycles. The first-order chi connectivity index (χ1) is 9.86. The number of fused-ring (bicyclic) bond motifs is 1. The SMILES string of the molecule is CCNC(Cc1ccc2ccccc2n1)c1ncn[nH]1. The Labute approximate surface area is 117 Å². The molecule has 0 bridgehead atoms. The maximum atomic E-state index is 4.71. The van der Waals surface area contributed by atoms with Gasteiger partial charge < -0.3 is 5.32 Å². The van der Waals surface area contributed by atoms with Crippen LogP contribution in [0, 0.1) is 0 Å². The molecule has 102 valence electrons. The first-order valence-electron chi connectivity index (χ1n) is 6.80. The van der Waals surface area contributed by atoms with Crippen LogP contribution in [0.4, 0.5) is 0 Å². The molecule has 3 aromatic rings. The standard InChI is InChI=1S/C15H17N5/c1-2-16-14(15-17-10-18-20-15)9-12-8-7-11-5-3-4-6-13(11)19-12/h3-8,10,14,16H,2,9H2,1H3,(H,17,18,20). The third kappa shape index (κ3) is 2.67. The Morgan fingerprint density at radius 2 is 2.10 bits per heavy atom. The molecular weight excluding hydrogens is 250 g/mol. The zero-order chi connectivity index (χ0) is 13.8. The minimum atomic E-state index is 0.108. The van der Waals surface area contributed by atoms with Gasteiger partial charge in [-0.15, -0.1) is 0 Å². The monoisotopic (exact) mass is 267 g/mol. The van der Waals surface area contributed by atoms with Crippen molar-refractivity contribution in [1.82, 2.24) is 25.5 Å². The molecule has 2 heterocycles. The second-order valence-electron chi connectivity index (χ2n) is 4.68. The minimum absolute atomic E-state index is 0.108. The summed E-state index contributed by atoms with van der Waals surface area (Å²) in [5, 5.41) is 11.4. The lowest BCUT2D eigenvalue weighted by Gasteiger charge is -2.14. The molecule has 2 N–H and O–H groups in total. The minimum Gasteiger partial charge on any atom is -0.307 e. The summed E-state index contributed by atoms with van der Waals surface area (Å²) in [5.74, 6) is 0.849. The Morgan fingerprint density at radius 1 is 1.20 bits per heavy atom. The van der Waals surface area contributed by atoms with Crippen LogP contribution in [0.2, 0.25) is 0 Å². The molecule has 3 rings (SSSR count). The molecule has 0 saturated heterocycles. The second-order valence-corrected chi connectivity index (χ2v) is 4.68. The van der Waals surface area contributed by atoms with E-state index in [2.05, 4.69) is 45.6 Å². The average Bonchev–Trinajstić information content (AvgIpc) is 3.01. The molecule has 2 aromatic heterocycles. The van der Waals surface area contributed by atoms with Crippen LogP contribution >= 0.6 is 0 Å². The van der Waals surface area contributed by atoms with E-state index in [4.69, 9.17) is 4.98 Å². The van der Waals surface area contributed by atoms with Gasteiger partial charge in [0.1, 0.15) is 12.2 Å². The Kier molecular flexibility index (Phi) is 3.69. The van der Waals surface area contributed by atoms with Crippen molar-refractivity contribution in [2.45, 2.75) is 19.4 Å². The van der Waals surface area contributed by atoms with Crippen molar-refractivity contribution in [2.75, 3.05) is 6.54 Å². The van der Waals surface area contributed by atoms with Crippen LogP contribution in [0.5, 0.6) is 0 Å². The maximum absolute atomic E-state index is 4.71. The van der Waals surface area contributed by atoms with E-state index in [1.54, 1.807) is 0 Å². The van der Waals surface area contributed by atoms with Gasteiger partial charge in [0.25, 0.3) is 0 Å². The topological polar surface area (TPSA) is 66.5 Å². The van der Waals surface area contributed by atoms with E-state index in [1.165, 1.54) is 6.33 Å². The third-order valence-corrected chi connectivity index (χ3v) is 3.28. The molecule has 0 fully saturated rings. The van der Waals surface area contributed by atoms with E-state index < -0.39 is 0 Å². The quantitative estimate of drug-likeness (QED) is 0.744. The first-order valence-corrected chi connectivity index (χ1v) is 6.80. The Bertz CT molecular complexity index is 678. The number of para-hydroxylation sites is 1. The molecule has 20 heavy (non-hydrogen) atoms. The van der Waals surface area contributed by atoms with Gasteiger partial charge in [0.2, 0.25) is 0 Å². The van der Waals surface area contributed by atoms with E-state index in [9.17, 15) is 0 Å². The molecule has 0 aliphatic carbocycles. The molecular formula is C15H17N5. The number of aromatic nitrogens is 4. The molecule has 1 unspecified atom stereocenters. The van der Waals surface area contributed by atoms with Gasteiger partial charge in [0.05, 0.1) is 11.6 Å². The number of nitrogens with one attached hydrogen (secondary N) is 2. The number of pyridine rings is 1. The first kappa shape index (κ1) is 12.7. The summed E-state index contributed by atoms with van der Waals surface area (Å²) in [7, 11) is 0. The van der Waals surface area contributed by atoms with Crippen molar-refractivity contribution >= 4 is 10.9 Å². The van der Waals surface area contributed by atoms with Crippen LogP contribution in [0.15, 0.2) is 42.7 Å². The number of aromatic amines is 1. The zero-order valence-corrected chi connectivity index (χ0v) is 11.4. The normalized spacial score (nSPS) is 12.7. The van der Waals surface area contributed by atoms with Crippen molar-refractivity contribution in [3.05, 3.63) is 54.2 Å². The molecule has 0 aliphatic heterocycles. The summed E-state index contributed by atoms with van der Waals surface area (Å²) in [4.78, 5) is 8.94. The van der Waals surface area contributed by atoms with Gasteiger partial charge in [0, 0.05) is 17.5 Å². The summed E-state index contributed by atoms with van der Waals surface area (Å²) in [5.41, 5.74) is 2.07. The smallest absolute Gasteiger partial charge is 0.141 e. The number of rotatable bonds is 5. The van der Waals surface area contributed by atoms with Gasteiger partial charge in [-0.1, -0.05) is 31.2 Å². The summed E-state index contributed by atoms with van der Waals surface area (Å²) in [6, 6.07) is 12.4. The van der Waals surface area contributed by atoms with Gasteiger partial charge in [-0.05, 0) is 18.7 Å². The second kappa shape index (κ2) is 5.79. The van der Waals surface area contributed by atoms with Crippen molar-refractivity contribution in [2.24, 2.45) is 0 Å². The summed E-state index contributed by atoms with van der Waals surface area (Å²) < 4.78 is 0. The Balaban J connectivity index is 1.86. The highest BCUT2D eigenvalue weighted by atomic mass is 15.2. The van der Waals surface area contributed by atoms with Crippen molar-refractivity contribution in [3.63, 3.8) is 0 Å². The van der Waals surface area contributed by atoms with E-state index >= 15 is 0 Å². The van der Waals surface area contributed by atoms with Crippen LogP contribution in [0.1, 0.15) is 24.5 Å². The largest absolute Gasteiger partial charge is 0.307 e. The molecule has 0 saturated carbocycles. The Morgan fingerprint density at radius 3 is 2.90 bits per heavy atom. The van der Waals surface area contributed by atoms with Crippen molar-refractivity contribution in [1.29, 1.82) is 0 Å². The highest BCUT2D eigenvalue weighted by Gasteiger charge is 2.14. The lowest BCUT2D eigenvalue weighted by molar-refractivity contribution is 0.519. The number of hydrogen-bond acceptors (Lipinski definition) is 4. The molecule has 0 radical (unpaired) electrons. The van der Waals surface area contributed by atoms with E-state index in [-0.39, 0.29) is 6.04 Å². The van der Waals surface area contributed by atoms with Crippen LogP contribution in [0.3, 0.4) is 0 Å². The molecule has 5 heteroatoms. The van der Waals surface area contributed by atoms with Gasteiger partial charge in [0.15, 0.2) is 0 Å². The van der Waals surface area contributed by atoms with E-state index in [0.29, 0.717) is 0 Å².